The minimum absolute atomic E-state index is 0.0208. The number of hydrogen-bond acceptors (Lipinski definition) is 6. The maximum absolute atomic E-state index is 11.8. The average molecular weight is 595 g/mol. The van der Waals surface area contributed by atoms with E-state index in [4.69, 9.17) is 20.1 Å². The Labute approximate surface area is 174 Å². The number of benzene rings is 1. The van der Waals surface area contributed by atoms with E-state index in [-0.39, 0.29) is 12.2 Å². The smallest absolute Gasteiger partial charge is 0.326 e. The molecule has 0 aromatic heterocycles. The average Bonchev–Trinajstić information content (AvgIpc) is 2.58. The molecule has 0 bridgehead atoms. The van der Waals surface area contributed by atoms with Gasteiger partial charge in [0, 0.05) is 6.42 Å². The molecule has 2 atom stereocenters. The van der Waals surface area contributed by atoms with Crippen LogP contribution >= 0.6 is 11.8 Å². The molecule has 0 aliphatic heterocycles. The molecule has 27 heavy (non-hydrogen) atoms. The monoisotopic (exact) mass is 595 g/mol. The molecule has 0 spiro atoms. The van der Waals surface area contributed by atoms with Gasteiger partial charge in [0.1, 0.15) is 0 Å². The molecule has 4 N–H and O–H groups in total. The molecule has 0 fully saturated rings. The first-order chi connectivity index (χ1) is 12.7. The standard InChI is InChI=1S/C16H18AtNO8S/c17-10-3-1-9(2-4-10)7-27-8-12(15(23)24)26-16(25)18-11(14(21)22)5-6-13(19)20/h1-4,11-12H,5-8H2,(H,18,25)(H,19,20)(H,21,22)(H,23,24)/t11-,12-/m0/s1/i17+1. The van der Waals surface area contributed by atoms with E-state index in [1.54, 1.807) is 24.7 Å². The van der Waals surface area contributed by atoms with Crippen LogP contribution in [0, 0.1) is 24.7 Å². The van der Waals surface area contributed by atoms with E-state index in [9.17, 15) is 19.2 Å². The first-order valence-corrected chi connectivity index (χ1v) is 10.3. The van der Waals surface area contributed by atoms with Crippen molar-refractivity contribution in [3.05, 3.63) is 29.8 Å². The summed E-state index contributed by atoms with van der Waals surface area (Å²) >= 11 is 2.80. The number of aliphatic carboxylic acids is 3. The molecule has 0 saturated carbocycles. The zero-order chi connectivity index (χ0) is 20.4. The van der Waals surface area contributed by atoms with E-state index < -0.39 is 42.6 Å². The Morgan fingerprint density at radius 1 is 1.07 bits per heavy atom. The Morgan fingerprint density at radius 3 is 2.22 bits per heavy atom. The van der Waals surface area contributed by atoms with Crippen molar-refractivity contribution >= 4 is 39.0 Å². The summed E-state index contributed by atoms with van der Waals surface area (Å²) in [4.78, 5) is 44.6. The van der Waals surface area contributed by atoms with Crippen LogP contribution in [0.1, 0.15) is 18.4 Å². The first-order valence-electron chi connectivity index (χ1n) is 7.65. The Hall–Kier alpha value is -1.87. The number of ether oxygens (including phenoxy) is 1. The van der Waals surface area contributed by atoms with Gasteiger partial charge in [0.2, 0.25) is 0 Å². The summed E-state index contributed by atoms with van der Waals surface area (Å²) in [5.74, 6) is -3.50. The molecule has 0 saturated heterocycles. The van der Waals surface area contributed by atoms with Crippen molar-refractivity contribution in [3.8, 4) is 0 Å². The second-order valence-corrected chi connectivity index (χ2v) is 8.07. The molecule has 0 unspecified atom stereocenters. The van der Waals surface area contributed by atoms with Crippen LogP contribution < -0.4 is 8.59 Å². The molecule has 9 nitrogen and oxygen atoms in total. The number of alkyl carbamates (subject to hydrolysis) is 1. The van der Waals surface area contributed by atoms with Crippen molar-refractivity contribution < 1.29 is 64.0 Å². The molecule has 0 aliphatic rings. The zero-order valence-corrected chi connectivity index (χ0v) is 17.7. The third-order valence-electron chi connectivity index (χ3n) is 3.21. The number of thioether (sulfide) groups is 1. The Morgan fingerprint density at radius 2 is 1.70 bits per heavy atom. The van der Waals surface area contributed by atoms with Crippen LogP contribution in [-0.2, 0) is 24.9 Å². The largest absolute Gasteiger partial charge is 0.480 e. The first kappa shape index (κ1) is 23.2. The molecule has 148 valence electrons. The molecular formula is C16H18AtNO8S. The number of carbonyl (C=O) groups excluding carboxylic acids is 1. The number of nitrogens with one attached hydrogen (secondary N) is 1. The van der Waals surface area contributed by atoms with Crippen molar-refractivity contribution in [3.63, 3.8) is 0 Å². The normalized spacial score (nSPS) is 12.6. The minimum atomic E-state index is -1.48. The Balaban J connectivity index is 2.52. The van der Waals surface area contributed by atoms with Gasteiger partial charge in [-0.2, -0.15) is 0 Å². The predicted molar refractivity (Wildman–Crippen MR) is 91.6 cm³/mol. The second-order valence-electron chi connectivity index (χ2n) is 5.34. The van der Waals surface area contributed by atoms with E-state index in [0.717, 1.165) is 8.83 Å². The van der Waals surface area contributed by atoms with Crippen LogP contribution in [0.4, 0.5) is 4.79 Å². The van der Waals surface area contributed by atoms with Gasteiger partial charge < -0.3 is 10.2 Å². The fraction of sp³-hybridized carbons (Fsp3) is 0.375. The van der Waals surface area contributed by atoms with Crippen LogP contribution in [0.2, 0.25) is 0 Å². The fourth-order valence-corrected chi connectivity index (χ4v) is 3.31. The van der Waals surface area contributed by atoms with Gasteiger partial charge in [-0.1, -0.05) is 0 Å². The molecule has 1 aromatic carbocycles. The zero-order valence-electron chi connectivity index (χ0n) is 14.0. The van der Waals surface area contributed by atoms with Gasteiger partial charge in [-0.15, -0.1) is 0 Å². The summed E-state index contributed by atoms with van der Waals surface area (Å²) in [5, 5.41) is 28.7. The van der Waals surface area contributed by atoms with Crippen molar-refractivity contribution in [2.24, 2.45) is 0 Å². The minimum Gasteiger partial charge on any atom is -0.480 e. The molecule has 11 heteroatoms. The van der Waals surface area contributed by atoms with Crippen LogP contribution in [0.15, 0.2) is 24.3 Å². The van der Waals surface area contributed by atoms with Gasteiger partial charge in [0.15, 0.2) is 0 Å². The van der Waals surface area contributed by atoms with Crippen LogP contribution in [0.5, 0.6) is 0 Å². The number of carbonyl (C=O) groups is 4. The topological polar surface area (TPSA) is 150 Å². The predicted octanol–water partition coefficient (Wildman–Crippen LogP) is 0.592. The van der Waals surface area contributed by atoms with Crippen molar-refractivity contribution in [1.29, 1.82) is 0 Å². The summed E-state index contributed by atoms with van der Waals surface area (Å²) in [7, 11) is 0. The molecule has 1 aromatic rings. The van der Waals surface area contributed by atoms with E-state index >= 15 is 0 Å². The fourth-order valence-electron chi connectivity index (χ4n) is 1.85. The van der Waals surface area contributed by atoms with Crippen molar-refractivity contribution in [1.82, 2.24) is 5.32 Å². The molecule has 0 heterocycles. The van der Waals surface area contributed by atoms with Crippen LogP contribution in [-0.4, -0.2) is 57.2 Å². The summed E-state index contributed by atoms with van der Waals surface area (Å²) < 4.78 is 5.93. The maximum atomic E-state index is 11.8. The molecule has 1 amide bonds. The van der Waals surface area contributed by atoms with E-state index in [0.29, 0.717) is 5.75 Å². The summed E-state index contributed by atoms with van der Waals surface area (Å²) in [6, 6.07) is 6.27. The maximum Gasteiger partial charge on any atom is 0.326 e. The number of amides is 1. The number of carboxylic acids is 3. The SMILES string of the molecule is O=C(O)CC[C@H](NC(=O)O[C@@H](CSCc1ccc([211At])cc1)C(=O)O)C(=O)O. The van der Waals surface area contributed by atoms with E-state index in [1.807, 2.05) is 29.6 Å². The van der Waals surface area contributed by atoms with Crippen molar-refractivity contribution in [2.45, 2.75) is 30.7 Å². The van der Waals surface area contributed by atoms with Gasteiger partial charge in [-0.25, -0.2) is 4.79 Å². The molecule has 1 rings (SSSR count). The van der Waals surface area contributed by atoms with Crippen LogP contribution in [0.3, 0.4) is 0 Å². The van der Waals surface area contributed by atoms with Crippen molar-refractivity contribution in [2.75, 3.05) is 5.75 Å². The number of carboxylic acid groups (broad SMARTS) is 3. The van der Waals surface area contributed by atoms with Gasteiger partial charge in [-0.3, -0.25) is 4.79 Å². The third-order valence-corrected chi connectivity index (χ3v) is 5.27. The van der Waals surface area contributed by atoms with Crippen LogP contribution in [0.25, 0.3) is 0 Å². The number of rotatable bonds is 11. The quantitative estimate of drug-likeness (QED) is 0.288. The Kier molecular flexibility index (Phi) is 10.1. The van der Waals surface area contributed by atoms with Gasteiger partial charge in [0.25, 0.3) is 0 Å². The van der Waals surface area contributed by atoms with E-state index in [1.165, 1.54) is 11.8 Å². The molecule has 0 radical (unpaired) electrons. The van der Waals surface area contributed by atoms with E-state index in [2.05, 4.69) is 0 Å². The summed E-state index contributed by atoms with van der Waals surface area (Å²) in [6.07, 6.45) is -3.50. The number of hydrogen-bond donors (Lipinski definition) is 4. The molecular weight excluding hydrogens is 577 g/mol. The van der Waals surface area contributed by atoms with Gasteiger partial charge in [-0.05, 0) is 6.42 Å². The second kappa shape index (κ2) is 11.8. The summed E-state index contributed by atoms with van der Waals surface area (Å²) in [6.45, 7) is 0. The summed E-state index contributed by atoms with van der Waals surface area (Å²) in [5.41, 5.74) is 0.994. The van der Waals surface area contributed by atoms with Gasteiger partial charge in [0.05, 0.1) is 0 Å². The third kappa shape index (κ3) is 9.58. The molecule has 0 aliphatic carbocycles. The van der Waals surface area contributed by atoms with Gasteiger partial charge >= 0.3 is 142 Å². The Bertz CT molecular complexity index is 682.